The molecule has 1 heterocycles. The van der Waals surface area contributed by atoms with Crippen LogP contribution < -0.4 is 0 Å². The summed E-state index contributed by atoms with van der Waals surface area (Å²) in [6.45, 7) is 0.739. The van der Waals surface area contributed by atoms with Gasteiger partial charge in [-0.3, -0.25) is 4.79 Å². The second-order valence-electron chi connectivity index (χ2n) is 6.09. The van der Waals surface area contributed by atoms with Gasteiger partial charge in [0.15, 0.2) is 5.76 Å². The summed E-state index contributed by atoms with van der Waals surface area (Å²) in [6, 6.07) is 2.75. The van der Waals surface area contributed by atoms with Crippen LogP contribution in [0.25, 0.3) is 0 Å². The lowest BCUT2D eigenvalue weighted by atomic mass is 9.88. The van der Waals surface area contributed by atoms with Gasteiger partial charge in [0.2, 0.25) is 5.76 Å². The second kappa shape index (κ2) is 4.96. The van der Waals surface area contributed by atoms with Gasteiger partial charge in [-0.1, -0.05) is 6.42 Å². The monoisotopic (exact) mass is 277 g/mol. The Morgan fingerprint density at radius 1 is 1.30 bits per heavy atom. The molecule has 3 atom stereocenters. The van der Waals surface area contributed by atoms with E-state index >= 15 is 0 Å². The van der Waals surface area contributed by atoms with Crippen LogP contribution in [0.3, 0.4) is 0 Å². The highest BCUT2D eigenvalue weighted by molar-refractivity contribution is 5.93. The molecule has 1 N–H and O–H groups in total. The van der Waals surface area contributed by atoms with Gasteiger partial charge in [-0.2, -0.15) is 0 Å². The van der Waals surface area contributed by atoms with Crippen LogP contribution in [0, 0.1) is 17.8 Å². The quantitative estimate of drug-likeness (QED) is 0.917. The molecule has 2 bridgehead atoms. The molecule has 0 saturated heterocycles. The van der Waals surface area contributed by atoms with E-state index in [0.29, 0.717) is 5.92 Å². The van der Waals surface area contributed by atoms with Gasteiger partial charge in [-0.05, 0) is 49.1 Å². The third-order valence-electron chi connectivity index (χ3n) is 4.77. The highest BCUT2D eigenvalue weighted by Crippen LogP contribution is 2.48. The lowest BCUT2D eigenvalue weighted by Gasteiger charge is -2.26. The summed E-state index contributed by atoms with van der Waals surface area (Å²) in [4.78, 5) is 24.6. The summed E-state index contributed by atoms with van der Waals surface area (Å²) in [5.41, 5.74) is 0. The Labute approximate surface area is 117 Å². The predicted octanol–water partition coefficient (Wildman–Crippen LogP) is 2.49. The van der Waals surface area contributed by atoms with Gasteiger partial charge in [0.1, 0.15) is 0 Å². The average molecular weight is 277 g/mol. The number of carbonyl (C=O) groups excluding carboxylic acids is 1. The summed E-state index contributed by atoms with van der Waals surface area (Å²) in [5, 5.41) is 8.80. The van der Waals surface area contributed by atoms with Crippen molar-refractivity contribution < 1.29 is 19.1 Å². The van der Waals surface area contributed by atoms with Crippen molar-refractivity contribution in [2.24, 2.45) is 17.8 Å². The predicted molar refractivity (Wildman–Crippen MR) is 71.6 cm³/mol. The van der Waals surface area contributed by atoms with Crippen molar-refractivity contribution in [2.45, 2.75) is 25.7 Å². The highest BCUT2D eigenvalue weighted by atomic mass is 16.4. The maximum atomic E-state index is 12.2. The van der Waals surface area contributed by atoms with Crippen LogP contribution in [0.1, 0.15) is 46.8 Å². The molecule has 2 fully saturated rings. The number of carboxylic acids is 1. The number of fused-ring (bicyclic) bond motifs is 2. The topological polar surface area (TPSA) is 70.8 Å². The number of amides is 1. The molecule has 0 radical (unpaired) electrons. The lowest BCUT2D eigenvalue weighted by molar-refractivity contribution is 0.0649. The smallest absolute Gasteiger partial charge is 0.371 e. The SMILES string of the molecule is CN(CC1CC2CCC1C2)C(=O)c1ccc(C(=O)O)o1. The van der Waals surface area contributed by atoms with Crippen LogP contribution in [0.5, 0.6) is 0 Å². The number of carbonyl (C=O) groups is 2. The second-order valence-corrected chi connectivity index (χ2v) is 6.09. The van der Waals surface area contributed by atoms with E-state index in [4.69, 9.17) is 9.52 Å². The summed E-state index contributed by atoms with van der Waals surface area (Å²) >= 11 is 0. The largest absolute Gasteiger partial charge is 0.475 e. The van der Waals surface area contributed by atoms with Crippen molar-refractivity contribution >= 4 is 11.9 Å². The summed E-state index contributed by atoms with van der Waals surface area (Å²) in [5.74, 6) is 0.739. The first-order chi connectivity index (χ1) is 9.54. The molecule has 5 heteroatoms. The number of hydrogen-bond acceptors (Lipinski definition) is 3. The normalized spacial score (nSPS) is 27.8. The summed E-state index contributed by atoms with van der Waals surface area (Å²) in [6.07, 6.45) is 5.18. The molecule has 2 saturated carbocycles. The third kappa shape index (κ3) is 2.32. The zero-order valence-corrected chi connectivity index (χ0v) is 11.5. The van der Waals surface area contributed by atoms with E-state index in [9.17, 15) is 9.59 Å². The van der Waals surface area contributed by atoms with Crippen molar-refractivity contribution in [2.75, 3.05) is 13.6 Å². The van der Waals surface area contributed by atoms with Crippen LogP contribution in [0.15, 0.2) is 16.5 Å². The molecule has 1 aromatic rings. The molecule has 0 spiro atoms. The summed E-state index contributed by atoms with van der Waals surface area (Å²) < 4.78 is 5.06. The molecule has 1 aromatic heterocycles. The molecule has 3 unspecified atom stereocenters. The van der Waals surface area contributed by atoms with E-state index in [-0.39, 0.29) is 17.4 Å². The molecule has 5 nitrogen and oxygen atoms in total. The van der Waals surface area contributed by atoms with Gasteiger partial charge in [-0.25, -0.2) is 4.79 Å². The fourth-order valence-electron chi connectivity index (χ4n) is 3.79. The summed E-state index contributed by atoms with van der Waals surface area (Å²) in [7, 11) is 1.76. The van der Waals surface area contributed by atoms with E-state index in [1.54, 1.807) is 11.9 Å². The standard InChI is InChI=1S/C15H19NO4/c1-16(8-11-7-9-2-3-10(11)6-9)14(17)12-4-5-13(20-12)15(18)19/h4-5,9-11H,2-3,6-8H2,1H3,(H,18,19). The minimum absolute atomic E-state index is 0.105. The third-order valence-corrected chi connectivity index (χ3v) is 4.77. The minimum atomic E-state index is -1.15. The van der Waals surface area contributed by atoms with Gasteiger partial charge < -0.3 is 14.4 Å². The number of furan rings is 1. The Hall–Kier alpha value is -1.78. The Bertz CT molecular complexity index is 536. The number of rotatable bonds is 4. The molecule has 2 aliphatic rings. The fraction of sp³-hybridized carbons (Fsp3) is 0.600. The number of hydrogen-bond donors (Lipinski definition) is 1. The van der Waals surface area contributed by atoms with Gasteiger partial charge >= 0.3 is 5.97 Å². The van der Waals surface area contributed by atoms with Crippen molar-refractivity contribution in [3.8, 4) is 0 Å². The van der Waals surface area contributed by atoms with E-state index in [2.05, 4.69) is 0 Å². The molecular weight excluding hydrogens is 258 g/mol. The van der Waals surface area contributed by atoms with Gasteiger partial charge in [0, 0.05) is 13.6 Å². The van der Waals surface area contributed by atoms with E-state index in [0.717, 1.165) is 18.4 Å². The number of aromatic carboxylic acids is 1. The fourth-order valence-corrected chi connectivity index (χ4v) is 3.79. The maximum absolute atomic E-state index is 12.2. The molecule has 108 valence electrons. The highest BCUT2D eigenvalue weighted by Gasteiger charge is 2.40. The Morgan fingerprint density at radius 2 is 2.05 bits per heavy atom. The van der Waals surface area contributed by atoms with Crippen LogP contribution in [0.4, 0.5) is 0 Å². The first kappa shape index (κ1) is 13.2. The number of carboxylic acid groups (broad SMARTS) is 1. The molecule has 20 heavy (non-hydrogen) atoms. The Balaban J connectivity index is 1.62. The van der Waals surface area contributed by atoms with Crippen LogP contribution in [0.2, 0.25) is 0 Å². The molecule has 0 aliphatic heterocycles. The van der Waals surface area contributed by atoms with Gasteiger partial charge in [-0.15, -0.1) is 0 Å². The Morgan fingerprint density at radius 3 is 2.60 bits per heavy atom. The van der Waals surface area contributed by atoms with Crippen molar-refractivity contribution in [1.82, 2.24) is 4.90 Å². The molecule has 0 aromatic carbocycles. The van der Waals surface area contributed by atoms with Gasteiger partial charge in [0.25, 0.3) is 5.91 Å². The van der Waals surface area contributed by atoms with E-state index < -0.39 is 5.97 Å². The zero-order valence-electron chi connectivity index (χ0n) is 11.5. The first-order valence-corrected chi connectivity index (χ1v) is 7.13. The van der Waals surface area contributed by atoms with Crippen molar-refractivity contribution in [3.05, 3.63) is 23.7 Å². The van der Waals surface area contributed by atoms with Crippen molar-refractivity contribution in [3.63, 3.8) is 0 Å². The molecule has 2 aliphatic carbocycles. The van der Waals surface area contributed by atoms with E-state index in [1.807, 2.05) is 0 Å². The van der Waals surface area contributed by atoms with E-state index in [1.165, 1.54) is 37.8 Å². The number of nitrogens with zero attached hydrogens (tertiary/aromatic N) is 1. The lowest BCUT2D eigenvalue weighted by Crippen LogP contribution is -2.33. The zero-order chi connectivity index (χ0) is 14.3. The Kier molecular flexibility index (Phi) is 3.28. The van der Waals surface area contributed by atoms with Crippen LogP contribution in [-0.2, 0) is 0 Å². The van der Waals surface area contributed by atoms with Crippen LogP contribution >= 0.6 is 0 Å². The molecule has 3 rings (SSSR count). The molecule has 1 amide bonds. The van der Waals surface area contributed by atoms with Crippen LogP contribution in [-0.4, -0.2) is 35.5 Å². The minimum Gasteiger partial charge on any atom is -0.475 e. The average Bonchev–Trinajstić information content (AvgIpc) is 3.13. The van der Waals surface area contributed by atoms with Gasteiger partial charge in [0.05, 0.1) is 0 Å². The molecular formula is C15H19NO4. The van der Waals surface area contributed by atoms with Crippen molar-refractivity contribution in [1.29, 1.82) is 0 Å². The first-order valence-electron chi connectivity index (χ1n) is 7.13. The maximum Gasteiger partial charge on any atom is 0.371 e.